The van der Waals surface area contributed by atoms with Gasteiger partial charge in [-0.25, -0.2) is 13.9 Å². The van der Waals surface area contributed by atoms with Crippen molar-refractivity contribution in [2.75, 3.05) is 39.8 Å². The number of hydrogen-bond donors (Lipinski definition) is 2. The number of piperazine rings is 1. The van der Waals surface area contributed by atoms with Gasteiger partial charge in [0.25, 0.3) is 5.78 Å². The van der Waals surface area contributed by atoms with Crippen LogP contribution in [-0.2, 0) is 6.42 Å². The van der Waals surface area contributed by atoms with E-state index in [9.17, 15) is 4.39 Å². The Balaban J connectivity index is 1.61. The molecule has 1 aliphatic heterocycles. The molecule has 1 fully saturated rings. The summed E-state index contributed by atoms with van der Waals surface area (Å²) in [6.07, 6.45) is 4.44. The molecule has 0 aliphatic carbocycles. The Morgan fingerprint density at radius 1 is 1.12 bits per heavy atom. The first-order chi connectivity index (χ1) is 12.2. The van der Waals surface area contributed by atoms with Gasteiger partial charge in [0.2, 0.25) is 0 Å². The van der Waals surface area contributed by atoms with Gasteiger partial charge in [-0.05, 0) is 24.3 Å². The predicted molar refractivity (Wildman–Crippen MR) is 92.1 cm³/mol. The van der Waals surface area contributed by atoms with E-state index in [-0.39, 0.29) is 5.82 Å². The zero-order valence-electron chi connectivity index (χ0n) is 14.4. The molecule has 1 aromatic carbocycles. The molecule has 7 heteroatoms. The van der Waals surface area contributed by atoms with Crippen LogP contribution in [0.3, 0.4) is 0 Å². The fourth-order valence-corrected chi connectivity index (χ4v) is 3.43. The lowest BCUT2D eigenvalue weighted by Crippen LogP contribution is -3.27. The number of hydrogen-bond acceptors (Lipinski definition) is 3. The number of benzene rings is 1. The minimum absolute atomic E-state index is 0.238. The van der Waals surface area contributed by atoms with Gasteiger partial charge in [-0.3, -0.25) is 0 Å². The number of rotatable bonds is 4. The van der Waals surface area contributed by atoms with E-state index in [1.165, 1.54) is 44.6 Å². The minimum Gasteiger partial charge on any atom is -0.328 e. The third kappa shape index (κ3) is 3.52. The van der Waals surface area contributed by atoms with Crippen molar-refractivity contribution in [3.63, 3.8) is 0 Å². The average molecular weight is 342 g/mol. The number of fused-ring (bicyclic) bond motifs is 1. The summed E-state index contributed by atoms with van der Waals surface area (Å²) in [4.78, 5) is 12.1. The summed E-state index contributed by atoms with van der Waals surface area (Å²) in [5.74, 6) is 0.330. The monoisotopic (exact) mass is 342 g/mol. The zero-order valence-corrected chi connectivity index (χ0v) is 14.4. The highest BCUT2D eigenvalue weighted by Crippen LogP contribution is 2.22. The number of nitrogens with zero attached hydrogens (tertiary/aromatic N) is 4. The van der Waals surface area contributed by atoms with Crippen LogP contribution in [0, 0.1) is 5.82 Å². The van der Waals surface area contributed by atoms with Crippen LogP contribution in [0.1, 0.15) is 5.56 Å². The number of nitrogens with one attached hydrogen (secondary N) is 2. The topological polar surface area (TPSA) is 52.0 Å². The van der Waals surface area contributed by atoms with Crippen LogP contribution in [0.5, 0.6) is 0 Å². The molecule has 0 radical (unpaired) electrons. The van der Waals surface area contributed by atoms with E-state index in [1.807, 2.05) is 6.20 Å². The molecule has 0 spiro atoms. The maximum absolute atomic E-state index is 13.3. The smallest absolute Gasteiger partial charge is 0.252 e. The Kier molecular flexibility index (Phi) is 4.42. The van der Waals surface area contributed by atoms with Crippen LogP contribution in [0.15, 0.2) is 36.8 Å². The Labute approximate surface area is 145 Å². The molecule has 0 atom stereocenters. The van der Waals surface area contributed by atoms with Gasteiger partial charge < -0.3 is 9.80 Å². The molecule has 0 bridgehead atoms. The van der Waals surface area contributed by atoms with Gasteiger partial charge in [-0.1, -0.05) is 0 Å². The van der Waals surface area contributed by atoms with Gasteiger partial charge >= 0.3 is 0 Å². The van der Waals surface area contributed by atoms with Crippen molar-refractivity contribution in [2.24, 2.45) is 0 Å². The molecular weight excluding hydrogens is 319 g/mol. The molecule has 4 rings (SSSR count). The maximum Gasteiger partial charge on any atom is 0.252 e. The number of likely N-dealkylation sites (N-methyl/N-ethyl adjacent to an activating group) is 1. The second kappa shape index (κ2) is 6.85. The van der Waals surface area contributed by atoms with Gasteiger partial charge in [-0.2, -0.15) is 10.1 Å². The van der Waals surface area contributed by atoms with Gasteiger partial charge in [0.1, 0.15) is 38.3 Å². The third-order valence-corrected chi connectivity index (χ3v) is 5.02. The van der Waals surface area contributed by atoms with Crippen molar-refractivity contribution in [3.05, 3.63) is 48.2 Å². The molecule has 2 N–H and O–H groups in total. The van der Waals surface area contributed by atoms with Crippen LogP contribution in [0.25, 0.3) is 17.0 Å². The van der Waals surface area contributed by atoms with Crippen LogP contribution in [0.4, 0.5) is 4.39 Å². The second-order valence-electron chi connectivity index (χ2n) is 6.83. The Morgan fingerprint density at radius 3 is 2.64 bits per heavy atom. The molecule has 3 heterocycles. The van der Waals surface area contributed by atoms with Crippen molar-refractivity contribution in [1.29, 1.82) is 0 Å². The van der Waals surface area contributed by atoms with Crippen molar-refractivity contribution in [2.45, 2.75) is 6.42 Å². The van der Waals surface area contributed by atoms with Crippen LogP contribution in [0.2, 0.25) is 0 Å². The van der Waals surface area contributed by atoms with Crippen LogP contribution >= 0.6 is 0 Å². The molecule has 6 nitrogen and oxygen atoms in total. The number of aromatic nitrogens is 4. The largest absolute Gasteiger partial charge is 0.328 e. The molecule has 0 unspecified atom stereocenters. The van der Waals surface area contributed by atoms with E-state index in [0.717, 1.165) is 29.8 Å². The molecule has 3 aromatic rings. The van der Waals surface area contributed by atoms with Crippen molar-refractivity contribution >= 4 is 5.78 Å². The lowest BCUT2D eigenvalue weighted by Gasteiger charge is -2.27. The SMILES string of the molecule is C[NH+]1CC[NH+](CCc2cn3ncnc3nc2-c2ccc(F)cc2)CC1. The fourth-order valence-electron chi connectivity index (χ4n) is 3.43. The standard InChI is InChI=1S/C18H21FN6/c1-23-8-10-24(11-9-23)7-6-15-12-25-18(20-13-21-25)22-17(15)14-2-4-16(19)5-3-14/h2-5,12-13H,6-11H2,1H3/p+2. The summed E-state index contributed by atoms with van der Waals surface area (Å²) in [6.45, 7) is 5.93. The Bertz CT molecular complexity index is 852. The summed E-state index contributed by atoms with van der Waals surface area (Å²) in [6, 6.07) is 6.51. The van der Waals surface area contributed by atoms with E-state index >= 15 is 0 Å². The van der Waals surface area contributed by atoms with Gasteiger partial charge in [0.15, 0.2) is 0 Å². The average Bonchev–Trinajstić information content (AvgIpc) is 3.08. The minimum atomic E-state index is -0.238. The first-order valence-electron chi connectivity index (χ1n) is 8.79. The van der Waals surface area contributed by atoms with Crippen molar-refractivity contribution < 1.29 is 14.2 Å². The summed E-state index contributed by atoms with van der Waals surface area (Å²) in [5, 5.41) is 4.21. The summed E-state index contributed by atoms with van der Waals surface area (Å²) in [7, 11) is 2.26. The summed E-state index contributed by atoms with van der Waals surface area (Å²) >= 11 is 0. The third-order valence-electron chi connectivity index (χ3n) is 5.02. The molecule has 0 amide bonds. The highest BCUT2D eigenvalue weighted by atomic mass is 19.1. The van der Waals surface area contributed by atoms with E-state index in [1.54, 1.807) is 26.4 Å². The van der Waals surface area contributed by atoms with Crippen LogP contribution < -0.4 is 9.80 Å². The predicted octanol–water partition coefficient (Wildman–Crippen LogP) is -1.11. The highest BCUT2D eigenvalue weighted by molar-refractivity contribution is 5.64. The zero-order chi connectivity index (χ0) is 17.2. The molecular formula is C18H23FN6+2. The highest BCUT2D eigenvalue weighted by Gasteiger charge is 2.20. The van der Waals surface area contributed by atoms with Crippen molar-refractivity contribution in [1.82, 2.24) is 19.6 Å². The Morgan fingerprint density at radius 2 is 1.88 bits per heavy atom. The Hall–Kier alpha value is -2.38. The number of halogens is 1. The normalized spacial score (nSPS) is 20.9. The van der Waals surface area contributed by atoms with Crippen LogP contribution in [-0.4, -0.2) is 59.4 Å². The molecule has 2 aromatic heterocycles. The van der Waals surface area contributed by atoms with E-state index in [2.05, 4.69) is 22.1 Å². The first-order valence-corrected chi connectivity index (χ1v) is 8.79. The number of quaternary nitrogens is 2. The molecule has 25 heavy (non-hydrogen) atoms. The molecule has 130 valence electrons. The molecule has 1 aliphatic rings. The quantitative estimate of drug-likeness (QED) is 0.632. The molecule has 0 saturated carbocycles. The fraction of sp³-hybridized carbons (Fsp3) is 0.389. The summed E-state index contributed by atoms with van der Waals surface area (Å²) in [5.41, 5.74) is 2.92. The lowest BCUT2D eigenvalue weighted by molar-refractivity contribution is -1.00. The van der Waals surface area contributed by atoms with Gasteiger partial charge in [0, 0.05) is 23.7 Å². The van der Waals surface area contributed by atoms with Crippen molar-refractivity contribution in [3.8, 4) is 11.3 Å². The van der Waals surface area contributed by atoms with E-state index < -0.39 is 0 Å². The van der Waals surface area contributed by atoms with Gasteiger partial charge in [0.05, 0.1) is 19.3 Å². The maximum atomic E-state index is 13.3. The summed E-state index contributed by atoms with van der Waals surface area (Å²) < 4.78 is 15.0. The molecule has 1 saturated heterocycles. The van der Waals surface area contributed by atoms with E-state index in [0.29, 0.717) is 5.78 Å². The first kappa shape index (κ1) is 16.1. The van der Waals surface area contributed by atoms with E-state index in [4.69, 9.17) is 0 Å². The van der Waals surface area contributed by atoms with Gasteiger partial charge in [-0.15, -0.1) is 0 Å². The lowest BCUT2D eigenvalue weighted by atomic mass is 10.0. The second-order valence-corrected chi connectivity index (χ2v) is 6.83.